The van der Waals surface area contributed by atoms with E-state index in [0.717, 1.165) is 32.4 Å². The van der Waals surface area contributed by atoms with E-state index < -0.39 is 0 Å². The molecule has 3 fully saturated rings. The summed E-state index contributed by atoms with van der Waals surface area (Å²) in [5.41, 5.74) is 0.499. The second-order valence-corrected chi connectivity index (χ2v) is 8.21. The van der Waals surface area contributed by atoms with Gasteiger partial charge in [-0.25, -0.2) is 0 Å². The van der Waals surface area contributed by atoms with Gasteiger partial charge in [0.1, 0.15) is 12.1 Å². The van der Waals surface area contributed by atoms with Crippen molar-refractivity contribution in [3.05, 3.63) is 0 Å². The lowest BCUT2D eigenvalue weighted by Crippen LogP contribution is -2.65. The normalized spacial score (nSPS) is 34.9. The third kappa shape index (κ3) is 1.94. The number of carbonyl (C=O) groups is 2. The molecule has 118 valence electrons. The molecule has 3 aliphatic rings. The van der Waals surface area contributed by atoms with Crippen LogP contribution in [0.3, 0.4) is 0 Å². The number of nitrogens with zero attached hydrogens (tertiary/aromatic N) is 2. The fourth-order valence-electron chi connectivity index (χ4n) is 4.44. The molecule has 0 aromatic carbocycles. The third-order valence-corrected chi connectivity index (χ3v) is 6.88. The van der Waals surface area contributed by atoms with Crippen LogP contribution in [0.1, 0.15) is 53.9 Å². The number of fused-ring (bicyclic) bond motifs is 1. The van der Waals surface area contributed by atoms with Crippen LogP contribution in [-0.2, 0) is 9.59 Å². The van der Waals surface area contributed by atoms with Gasteiger partial charge in [-0.05, 0) is 42.9 Å². The summed E-state index contributed by atoms with van der Waals surface area (Å²) in [4.78, 5) is 29.1. The van der Waals surface area contributed by atoms with E-state index in [-0.39, 0.29) is 34.7 Å². The Bertz CT molecular complexity index is 469. The largest absolute Gasteiger partial charge is 0.329 e. The Balaban J connectivity index is 1.79. The third-order valence-electron chi connectivity index (χ3n) is 6.88. The molecule has 4 heteroatoms. The van der Waals surface area contributed by atoms with E-state index >= 15 is 0 Å². The van der Waals surface area contributed by atoms with Crippen LogP contribution in [0.25, 0.3) is 0 Å². The summed E-state index contributed by atoms with van der Waals surface area (Å²) >= 11 is 0. The van der Waals surface area contributed by atoms with Crippen molar-refractivity contribution in [2.24, 2.45) is 16.7 Å². The molecule has 4 nitrogen and oxygen atoms in total. The van der Waals surface area contributed by atoms with Crippen LogP contribution in [0, 0.1) is 16.7 Å². The van der Waals surface area contributed by atoms with E-state index in [4.69, 9.17) is 0 Å². The zero-order chi connectivity index (χ0) is 15.6. The number of piperidine rings is 1. The summed E-state index contributed by atoms with van der Waals surface area (Å²) in [6.07, 6.45) is 2.93. The quantitative estimate of drug-likeness (QED) is 0.783. The average molecular weight is 292 g/mol. The standard InChI is InChI=1S/C17H28N2O2/c1-11-14(20)18-9-7-6-8-12(18)15(21)19(11)10-13-16(2,3)17(13,4)5/h11-13H,6-10H2,1-5H3. The fraction of sp³-hybridized carbons (Fsp3) is 0.882. The van der Waals surface area contributed by atoms with Crippen LogP contribution >= 0.6 is 0 Å². The van der Waals surface area contributed by atoms with Crippen molar-refractivity contribution in [3.63, 3.8) is 0 Å². The zero-order valence-electron chi connectivity index (χ0n) is 14.0. The van der Waals surface area contributed by atoms with Gasteiger partial charge in [0.25, 0.3) is 0 Å². The molecule has 0 radical (unpaired) electrons. The lowest BCUT2D eigenvalue weighted by atomic mass is 9.95. The molecule has 2 unspecified atom stereocenters. The van der Waals surface area contributed by atoms with Gasteiger partial charge in [-0.2, -0.15) is 0 Å². The first-order valence-corrected chi connectivity index (χ1v) is 8.30. The minimum Gasteiger partial charge on any atom is -0.329 e. The molecule has 0 N–H and O–H groups in total. The molecule has 2 amide bonds. The van der Waals surface area contributed by atoms with E-state index in [1.807, 2.05) is 16.7 Å². The molecule has 2 saturated heterocycles. The highest BCUT2D eigenvalue weighted by atomic mass is 16.2. The highest BCUT2D eigenvalue weighted by molar-refractivity contribution is 5.97. The summed E-state index contributed by atoms with van der Waals surface area (Å²) in [7, 11) is 0. The summed E-state index contributed by atoms with van der Waals surface area (Å²) in [6.45, 7) is 12.5. The molecule has 2 aliphatic heterocycles. The van der Waals surface area contributed by atoms with Crippen LogP contribution in [0.15, 0.2) is 0 Å². The number of hydrogen-bond donors (Lipinski definition) is 0. The summed E-state index contributed by atoms with van der Waals surface area (Å²) < 4.78 is 0. The first-order valence-electron chi connectivity index (χ1n) is 8.30. The lowest BCUT2D eigenvalue weighted by molar-refractivity contribution is -0.163. The molecule has 2 heterocycles. The monoisotopic (exact) mass is 292 g/mol. The van der Waals surface area contributed by atoms with E-state index in [1.54, 1.807) is 0 Å². The summed E-state index contributed by atoms with van der Waals surface area (Å²) in [5, 5.41) is 0. The molecule has 0 spiro atoms. The molecule has 3 rings (SSSR count). The van der Waals surface area contributed by atoms with Crippen LogP contribution in [-0.4, -0.2) is 46.8 Å². The van der Waals surface area contributed by atoms with Gasteiger partial charge in [-0.15, -0.1) is 0 Å². The zero-order valence-corrected chi connectivity index (χ0v) is 14.0. The first-order chi connectivity index (χ1) is 9.69. The minimum absolute atomic E-state index is 0.149. The SMILES string of the molecule is CC1C(=O)N2CCCCC2C(=O)N1CC1C(C)(C)C1(C)C. The van der Waals surface area contributed by atoms with E-state index in [0.29, 0.717) is 5.92 Å². The Morgan fingerprint density at radius 1 is 1.05 bits per heavy atom. The predicted octanol–water partition coefficient (Wildman–Crippen LogP) is 2.28. The van der Waals surface area contributed by atoms with Gasteiger partial charge in [0.05, 0.1) is 0 Å². The molecule has 1 aliphatic carbocycles. The van der Waals surface area contributed by atoms with E-state index in [2.05, 4.69) is 27.7 Å². The molecule has 0 bridgehead atoms. The van der Waals surface area contributed by atoms with Gasteiger partial charge in [0.2, 0.25) is 11.8 Å². The van der Waals surface area contributed by atoms with E-state index in [1.165, 1.54) is 0 Å². The van der Waals surface area contributed by atoms with Crippen LogP contribution in [0.4, 0.5) is 0 Å². The van der Waals surface area contributed by atoms with Crippen LogP contribution in [0.2, 0.25) is 0 Å². The van der Waals surface area contributed by atoms with E-state index in [9.17, 15) is 9.59 Å². The van der Waals surface area contributed by atoms with Crippen molar-refractivity contribution in [1.29, 1.82) is 0 Å². The highest BCUT2D eigenvalue weighted by Gasteiger charge is 2.65. The molecular formula is C17H28N2O2. The second-order valence-electron chi connectivity index (χ2n) is 8.21. The molecule has 0 aromatic rings. The van der Waals surface area contributed by atoms with Crippen molar-refractivity contribution in [3.8, 4) is 0 Å². The van der Waals surface area contributed by atoms with Crippen LogP contribution in [0.5, 0.6) is 0 Å². The van der Waals surface area contributed by atoms with Gasteiger partial charge in [-0.1, -0.05) is 27.7 Å². The first kappa shape index (κ1) is 14.9. The lowest BCUT2D eigenvalue weighted by Gasteiger charge is -2.46. The molecule has 0 aromatic heterocycles. The number of rotatable bonds is 2. The van der Waals surface area contributed by atoms with Gasteiger partial charge < -0.3 is 9.80 Å². The summed E-state index contributed by atoms with van der Waals surface area (Å²) in [5.74, 6) is 0.815. The van der Waals surface area contributed by atoms with Crippen molar-refractivity contribution in [2.75, 3.05) is 13.1 Å². The van der Waals surface area contributed by atoms with Gasteiger partial charge in [0.15, 0.2) is 0 Å². The maximum Gasteiger partial charge on any atom is 0.246 e. The highest BCUT2D eigenvalue weighted by Crippen LogP contribution is 2.68. The molecule has 2 atom stereocenters. The number of piperazine rings is 1. The molecular weight excluding hydrogens is 264 g/mol. The average Bonchev–Trinajstić information content (AvgIpc) is 2.82. The minimum atomic E-state index is -0.293. The van der Waals surface area contributed by atoms with Crippen molar-refractivity contribution < 1.29 is 9.59 Å². The Labute approximate surface area is 127 Å². The Hall–Kier alpha value is -1.06. The smallest absolute Gasteiger partial charge is 0.246 e. The maximum atomic E-state index is 12.8. The van der Waals surface area contributed by atoms with Crippen molar-refractivity contribution in [2.45, 2.75) is 66.0 Å². The second kappa shape index (κ2) is 4.47. The maximum absolute atomic E-state index is 12.8. The topological polar surface area (TPSA) is 40.6 Å². The van der Waals surface area contributed by atoms with Crippen molar-refractivity contribution >= 4 is 11.8 Å². The molecule has 1 saturated carbocycles. The van der Waals surface area contributed by atoms with Gasteiger partial charge >= 0.3 is 0 Å². The van der Waals surface area contributed by atoms with Crippen molar-refractivity contribution in [1.82, 2.24) is 9.80 Å². The predicted molar refractivity (Wildman–Crippen MR) is 81.6 cm³/mol. The Morgan fingerprint density at radius 2 is 1.67 bits per heavy atom. The number of hydrogen-bond acceptors (Lipinski definition) is 2. The summed E-state index contributed by atoms with van der Waals surface area (Å²) in [6, 6.07) is -0.480. The van der Waals surface area contributed by atoms with Gasteiger partial charge in [0, 0.05) is 13.1 Å². The Morgan fingerprint density at radius 3 is 2.24 bits per heavy atom. The Kier molecular flexibility index (Phi) is 3.16. The number of carbonyl (C=O) groups excluding carboxylic acids is 2. The number of amides is 2. The molecule has 21 heavy (non-hydrogen) atoms. The van der Waals surface area contributed by atoms with Gasteiger partial charge in [-0.3, -0.25) is 9.59 Å². The fourth-order valence-corrected chi connectivity index (χ4v) is 4.44. The van der Waals surface area contributed by atoms with Crippen LogP contribution < -0.4 is 0 Å².